The summed E-state index contributed by atoms with van der Waals surface area (Å²) in [7, 11) is -2.01. The van der Waals surface area contributed by atoms with Gasteiger partial charge in [0.15, 0.2) is 5.82 Å². The first-order valence-corrected chi connectivity index (χ1v) is 10.9. The summed E-state index contributed by atoms with van der Waals surface area (Å²) in [6.07, 6.45) is 0. The van der Waals surface area contributed by atoms with Crippen LogP contribution in [0.3, 0.4) is 0 Å². The van der Waals surface area contributed by atoms with E-state index in [1.165, 1.54) is 9.25 Å². The Labute approximate surface area is 171 Å². The third-order valence-electron chi connectivity index (χ3n) is 4.72. The third-order valence-corrected chi connectivity index (χ3v) is 6.20. The Morgan fingerprint density at radius 3 is 2.21 bits per heavy atom. The van der Waals surface area contributed by atoms with Crippen molar-refractivity contribution >= 4 is 10.0 Å². The lowest BCUT2D eigenvalue weighted by Gasteiger charge is -2.19. The average molecular weight is 415 g/mol. The quantitative estimate of drug-likeness (QED) is 0.672. The molecule has 0 unspecified atom stereocenters. The second kappa shape index (κ2) is 7.96. The zero-order chi connectivity index (χ0) is 21.2. The van der Waals surface area contributed by atoms with Gasteiger partial charge in [0.25, 0.3) is 0 Å². The number of aromatic nitrogens is 3. The second-order valence-corrected chi connectivity index (χ2v) is 9.69. The van der Waals surface area contributed by atoms with Crippen LogP contribution >= 0.6 is 0 Å². The Balaban J connectivity index is 1.70. The Bertz CT molecular complexity index is 1140. The summed E-state index contributed by atoms with van der Waals surface area (Å²) in [5, 5.41) is 4.34. The number of rotatable bonds is 6. The lowest BCUT2D eigenvalue weighted by Crippen LogP contribution is -2.31. The summed E-state index contributed by atoms with van der Waals surface area (Å²) < 4.78 is 30.3. The summed E-state index contributed by atoms with van der Waals surface area (Å²) in [4.78, 5) is 12.6. The zero-order valence-electron chi connectivity index (χ0n) is 17.1. The summed E-state index contributed by atoms with van der Waals surface area (Å²) in [6, 6.07) is 16.2. The smallest absolute Gasteiger partial charge is 0.278 e. The number of hydrogen-bond donors (Lipinski definition) is 1. The second-order valence-electron chi connectivity index (χ2n) is 7.93. The Kier molecular flexibility index (Phi) is 5.77. The van der Waals surface area contributed by atoms with E-state index in [-0.39, 0.29) is 29.1 Å². The summed E-state index contributed by atoms with van der Waals surface area (Å²) in [6.45, 7) is 6.42. The van der Waals surface area contributed by atoms with Crippen molar-refractivity contribution in [1.82, 2.24) is 19.1 Å². The SMILES string of the molecule is Cn1c(-c2ccccc2)nn(CCNS(=O)(=O)c2ccc(C(C)(C)C)cc2)c1=O. The summed E-state index contributed by atoms with van der Waals surface area (Å²) in [5.74, 6) is 0.538. The third kappa shape index (κ3) is 4.65. The van der Waals surface area contributed by atoms with E-state index in [1.54, 1.807) is 19.2 Å². The molecule has 29 heavy (non-hydrogen) atoms. The minimum absolute atomic E-state index is 0.0493. The maximum Gasteiger partial charge on any atom is 0.345 e. The fourth-order valence-corrected chi connectivity index (χ4v) is 4.00. The van der Waals surface area contributed by atoms with E-state index >= 15 is 0 Å². The van der Waals surface area contributed by atoms with Gasteiger partial charge in [-0.3, -0.25) is 4.57 Å². The molecule has 0 bridgehead atoms. The van der Waals surface area contributed by atoms with Crippen LogP contribution in [0, 0.1) is 0 Å². The molecule has 3 rings (SSSR count). The van der Waals surface area contributed by atoms with E-state index in [1.807, 2.05) is 42.5 Å². The van der Waals surface area contributed by atoms with Crippen molar-refractivity contribution in [2.24, 2.45) is 7.05 Å². The van der Waals surface area contributed by atoms with Gasteiger partial charge in [0.2, 0.25) is 10.0 Å². The van der Waals surface area contributed by atoms with Gasteiger partial charge in [-0.1, -0.05) is 63.2 Å². The van der Waals surface area contributed by atoms with Crippen LogP contribution in [0.5, 0.6) is 0 Å². The van der Waals surface area contributed by atoms with Gasteiger partial charge < -0.3 is 0 Å². The van der Waals surface area contributed by atoms with E-state index in [0.717, 1.165) is 11.1 Å². The molecule has 7 nitrogen and oxygen atoms in total. The standard InChI is InChI=1S/C21H26N4O3S/c1-21(2,3)17-10-12-18(13-11-17)29(27,28)22-14-15-25-20(26)24(4)19(23-25)16-8-6-5-7-9-16/h5-13,22H,14-15H2,1-4H3. The molecular weight excluding hydrogens is 388 g/mol. The van der Waals surface area contributed by atoms with Gasteiger partial charge in [-0.15, -0.1) is 5.10 Å². The molecule has 1 heterocycles. The van der Waals surface area contributed by atoms with Gasteiger partial charge in [0, 0.05) is 19.2 Å². The lowest BCUT2D eigenvalue weighted by molar-refractivity contribution is 0.550. The number of benzene rings is 2. The van der Waals surface area contributed by atoms with Crippen LogP contribution in [0.15, 0.2) is 64.3 Å². The number of nitrogens with one attached hydrogen (secondary N) is 1. The lowest BCUT2D eigenvalue weighted by atomic mass is 9.87. The molecule has 0 radical (unpaired) electrons. The van der Waals surface area contributed by atoms with Gasteiger partial charge in [-0.2, -0.15) is 0 Å². The minimum atomic E-state index is -3.66. The van der Waals surface area contributed by atoms with Crippen molar-refractivity contribution in [2.45, 2.75) is 37.6 Å². The van der Waals surface area contributed by atoms with Crippen molar-refractivity contribution in [3.63, 3.8) is 0 Å². The molecule has 8 heteroatoms. The predicted molar refractivity (Wildman–Crippen MR) is 113 cm³/mol. The topological polar surface area (TPSA) is 86.0 Å². The van der Waals surface area contributed by atoms with Crippen LogP contribution in [-0.4, -0.2) is 29.3 Å². The highest BCUT2D eigenvalue weighted by molar-refractivity contribution is 7.89. The van der Waals surface area contributed by atoms with Crippen LogP contribution < -0.4 is 10.4 Å². The summed E-state index contributed by atoms with van der Waals surface area (Å²) >= 11 is 0. The van der Waals surface area contributed by atoms with Gasteiger partial charge in [-0.05, 0) is 23.1 Å². The van der Waals surface area contributed by atoms with Crippen molar-refractivity contribution in [2.75, 3.05) is 6.54 Å². The highest BCUT2D eigenvalue weighted by Gasteiger charge is 2.18. The molecule has 0 fully saturated rings. The summed E-state index contributed by atoms with van der Waals surface area (Å²) in [5.41, 5.74) is 1.54. The van der Waals surface area contributed by atoms with E-state index in [9.17, 15) is 13.2 Å². The first-order valence-electron chi connectivity index (χ1n) is 9.39. The maximum absolute atomic E-state index is 12.5. The maximum atomic E-state index is 12.5. The molecule has 0 aliphatic carbocycles. The molecule has 154 valence electrons. The Hall–Kier alpha value is -2.71. The monoisotopic (exact) mass is 414 g/mol. The molecule has 3 aromatic rings. The normalized spacial score (nSPS) is 12.3. The first kappa shape index (κ1) is 21.0. The van der Waals surface area contributed by atoms with Crippen LogP contribution in [-0.2, 0) is 29.0 Å². The molecule has 2 aromatic carbocycles. The molecule has 0 atom stereocenters. The minimum Gasteiger partial charge on any atom is -0.278 e. The van der Waals surface area contributed by atoms with Crippen molar-refractivity contribution in [3.8, 4) is 11.4 Å². The number of nitrogens with zero attached hydrogens (tertiary/aromatic N) is 3. The van der Waals surface area contributed by atoms with Crippen molar-refractivity contribution < 1.29 is 8.42 Å². The van der Waals surface area contributed by atoms with Crippen LogP contribution in [0.25, 0.3) is 11.4 Å². The fraction of sp³-hybridized carbons (Fsp3) is 0.333. The molecule has 0 amide bonds. The van der Waals surface area contributed by atoms with Gasteiger partial charge in [-0.25, -0.2) is 22.6 Å². The fourth-order valence-electron chi connectivity index (χ4n) is 2.98. The van der Waals surface area contributed by atoms with Gasteiger partial charge >= 0.3 is 5.69 Å². The predicted octanol–water partition coefficient (Wildman–Crippen LogP) is 2.52. The van der Waals surface area contributed by atoms with E-state index in [0.29, 0.717) is 5.82 Å². The highest BCUT2D eigenvalue weighted by Crippen LogP contribution is 2.23. The zero-order valence-corrected chi connectivity index (χ0v) is 17.9. The molecule has 0 saturated heterocycles. The van der Waals surface area contributed by atoms with Gasteiger partial charge in [0.05, 0.1) is 11.4 Å². The van der Waals surface area contributed by atoms with E-state index in [4.69, 9.17) is 0 Å². The number of hydrogen-bond acceptors (Lipinski definition) is 4. The van der Waals surface area contributed by atoms with Crippen molar-refractivity contribution in [3.05, 3.63) is 70.6 Å². The molecular formula is C21H26N4O3S. The first-order chi connectivity index (χ1) is 13.6. The molecule has 1 N–H and O–H groups in total. The van der Waals surface area contributed by atoms with Crippen LogP contribution in [0.4, 0.5) is 0 Å². The largest absolute Gasteiger partial charge is 0.345 e. The van der Waals surface area contributed by atoms with Crippen LogP contribution in [0.2, 0.25) is 0 Å². The number of sulfonamides is 1. The Morgan fingerprint density at radius 1 is 1.00 bits per heavy atom. The Morgan fingerprint density at radius 2 is 1.62 bits per heavy atom. The van der Waals surface area contributed by atoms with E-state index in [2.05, 4.69) is 30.6 Å². The van der Waals surface area contributed by atoms with Crippen molar-refractivity contribution in [1.29, 1.82) is 0 Å². The molecule has 0 spiro atoms. The van der Waals surface area contributed by atoms with Crippen LogP contribution in [0.1, 0.15) is 26.3 Å². The molecule has 0 aliphatic rings. The molecule has 1 aromatic heterocycles. The van der Waals surface area contributed by atoms with E-state index < -0.39 is 10.0 Å². The molecule has 0 saturated carbocycles. The van der Waals surface area contributed by atoms with Gasteiger partial charge in [0.1, 0.15) is 0 Å². The highest BCUT2D eigenvalue weighted by atomic mass is 32.2. The average Bonchev–Trinajstić information content (AvgIpc) is 2.96. The molecule has 0 aliphatic heterocycles.